The Morgan fingerprint density at radius 1 is 1.33 bits per heavy atom. The number of amidine groups is 1. The van der Waals surface area contributed by atoms with Gasteiger partial charge in [0.1, 0.15) is 11.5 Å². The van der Waals surface area contributed by atoms with Crippen molar-refractivity contribution in [3.63, 3.8) is 0 Å². The van der Waals surface area contributed by atoms with E-state index in [0.29, 0.717) is 15.6 Å². The molecule has 0 aliphatic carbocycles. The number of thioether (sulfide) groups is 1. The van der Waals surface area contributed by atoms with E-state index in [1.54, 1.807) is 11.6 Å². The minimum Gasteiger partial charge on any atom is -0.508 e. The number of benzene rings is 1. The summed E-state index contributed by atoms with van der Waals surface area (Å²) in [5.41, 5.74) is 0.400. The molecule has 2 heterocycles. The number of phenolic OH excluding ortho intramolecular Hbond substituents is 2. The van der Waals surface area contributed by atoms with Gasteiger partial charge in [0.2, 0.25) is 0 Å². The number of aromatic hydroxyl groups is 2. The Bertz CT molecular complexity index is 756. The van der Waals surface area contributed by atoms with Gasteiger partial charge in [0.25, 0.3) is 5.91 Å². The normalized spacial score (nSPS) is 17.0. The standard InChI is InChI=1S/C13H9N3O3S2/c14-12-16(13-15-3-4-20-13)11(19)10(21-12)5-7-1-2-8(17)6-9(7)18/h1-6,14,17-18H/b10-5-,14-12?. The van der Waals surface area contributed by atoms with Gasteiger partial charge < -0.3 is 10.2 Å². The van der Waals surface area contributed by atoms with E-state index in [9.17, 15) is 15.0 Å². The predicted molar refractivity (Wildman–Crippen MR) is 82.7 cm³/mol. The zero-order valence-corrected chi connectivity index (χ0v) is 12.1. The summed E-state index contributed by atoms with van der Waals surface area (Å²) in [6, 6.07) is 4.11. The molecule has 0 radical (unpaired) electrons. The van der Waals surface area contributed by atoms with E-state index in [1.807, 2.05) is 0 Å². The number of carbonyl (C=O) groups excluding carboxylic acids is 1. The summed E-state index contributed by atoms with van der Waals surface area (Å²) in [6.45, 7) is 0. The lowest BCUT2D eigenvalue weighted by Crippen LogP contribution is -2.27. The van der Waals surface area contributed by atoms with Gasteiger partial charge in [-0.3, -0.25) is 10.2 Å². The largest absolute Gasteiger partial charge is 0.508 e. The van der Waals surface area contributed by atoms with Gasteiger partial charge in [-0.2, -0.15) is 0 Å². The van der Waals surface area contributed by atoms with Crippen molar-refractivity contribution >= 4 is 45.4 Å². The Morgan fingerprint density at radius 3 is 2.81 bits per heavy atom. The van der Waals surface area contributed by atoms with Crippen LogP contribution in [0.2, 0.25) is 0 Å². The average molecular weight is 319 g/mol. The van der Waals surface area contributed by atoms with Crippen LogP contribution < -0.4 is 4.90 Å². The average Bonchev–Trinajstić information content (AvgIpc) is 3.02. The molecule has 1 aromatic carbocycles. The van der Waals surface area contributed by atoms with Crippen molar-refractivity contribution in [2.75, 3.05) is 4.90 Å². The molecule has 0 bridgehead atoms. The topological polar surface area (TPSA) is 97.5 Å². The van der Waals surface area contributed by atoms with E-state index in [-0.39, 0.29) is 22.6 Å². The lowest BCUT2D eigenvalue weighted by molar-refractivity contribution is -0.113. The van der Waals surface area contributed by atoms with Crippen molar-refractivity contribution in [1.29, 1.82) is 5.41 Å². The third-order valence-electron chi connectivity index (χ3n) is 2.73. The molecule has 6 nitrogen and oxygen atoms in total. The van der Waals surface area contributed by atoms with Gasteiger partial charge >= 0.3 is 0 Å². The molecule has 0 unspecified atom stereocenters. The summed E-state index contributed by atoms with van der Waals surface area (Å²) in [5.74, 6) is -0.542. The van der Waals surface area contributed by atoms with Gasteiger partial charge in [0.05, 0.1) is 4.91 Å². The molecule has 0 spiro atoms. The van der Waals surface area contributed by atoms with Crippen molar-refractivity contribution in [2.45, 2.75) is 0 Å². The van der Waals surface area contributed by atoms with Crippen molar-refractivity contribution in [3.8, 4) is 11.5 Å². The summed E-state index contributed by atoms with van der Waals surface area (Å²) < 4.78 is 0. The quantitative estimate of drug-likeness (QED) is 0.739. The Kier molecular flexibility index (Phi) is 3.40. The van der Waals surface area contributed by atoms with Crippen LogP contribution in [0, 0.1) is 5.41 Å². The monoisotopic (exact) mass is 319 g/mol. The number of phenols is 2. The summed E-state index contributed by atoms with van der Waals surface area (Å²) in [7, 11) is 0. The van der Waals surface area contributed by atoms with E-state index >= 15 is 0 Å². The SMILES string of the molecule is N=C1S/C(=C\c2ccc(O)cc2O)C(=O)N1c1nccs1. The molecule has 2 aromatic rings. The molecule has 1 aromatic heterocycles. The first kappa shape index (κ1) is 13.7. The number of nitrogens with zero attached hydrogens (tertiary/aromatic N) is 2. The number of thiazole rings is 1. The minimum atomic E-state index is -0.354. The van der Waals surface area contributed by atoms with Crippen molar-refractivity contribution in [1.82, 2.24) is 4.98 Å². The van der Waals surface area contributed by atoms with Crippen LogP contribution in [0.25, 0.3) is 6.08 Å². The molecule has 3 N–H and O–H groups in total. The number of carbonyl (C=O) groups is 1. The summed E-state index contributed by atoms with van der Waals surface area (Å²) in [5, 5.41) is 29.1. The zero-order chi connectivity index (χ0) is 15.0. The third-order valence-corrected chi connectivity index (χ3v) is 4.38. The van der Waals surface area contributed by atoms with Crippen LogP contribution in [0.4, 0.5) is 5.13 Å². The van der Waals surface area contributed by atoms with Gasteiger partial charge in [-0.1, -0.05) is 0 Å². The maximum atomic E-state index is 12.3. The first-order chi connectivity index (χ1) is 10.1. The molecule has 1 aliphatic heterocycles. The molecule has 8 heteroatoms. The van der Waals surface area contributed by atoms with Crippen molar-refractivity contribution in [2.24, 2.45) is 0 Å². The lowest BCUT2D eigenvalue weighted by Gasteiger charge is -2.09. The molecule has 0 saturated carbocycles. The molecule has 21 heavy (non-hydrogen) atoms. The molecule has 1 amide bonds. The zero-order valence-electron chi connectivity index (χ0n) is 10.5. The number of anilines is 1. The Morgan fingerprint density at radius 2 is 2.14 bits per heavy atom. The highest BCUT2D eigenvalue weighted by molar-refractivity contribution is 8.19. The van der Waals surface area contributed by atoms with Gasteiger partial charge in [0.15, 0.2) is 10.3 Å². The minimum absolute atomic E-state index is 0.0581. The summed E-state index contributed by atoms with van der Waals surface area (Å²) >= 11 is 2.27. The second-order valence-corrected chi connectivity index (χ2v) is 6.02. The second kappa shape index (κ2) is 5.23. The lowest BCUT2D eigenvalue weighted by atomic mass is 10.1. The first-order valence-corrected chi connectivity index (χ1v) is 7.50. The Hall–Kier alpha value is -2.32. The van der Waals surface area contributed by atoms with Crippen LogP contribution >= 0.6 is 23.1 Å². The van der Waals surface area contributed by atoms with E-state index in [2.05, 4.69) is 4.98 Å². The van der Waals surface area contributed by atoms with E-state index in [1.165, 1.54) is 40.5 Å². The predicted octanol–water partition coefficient (Wildman–Crippen LogP) is 2.61. The van der Waals surface area contributed by atoms with E-state index in [4.69, 9.17) is 5.41 Å². The van der Waals surface area contributed by atoms with Crippen LogP contribution in [0.1, 0.15) is 5.56 Å². The van der Waals surface area contributed by atoms with E-state index in [0.717, 1.165) is 11.8 Å². The molecule has 3 rings (SSSR count). The summed E-state index contributed by atoms with van der Waals surface area (Å²) in [4.78, 5) is 17.9. The molecular formula is C13H9N3O3S2. The smallest absolute Gasteiger partial charge is 0.273 e. The van der Waals surface area contributed by atoms with Gasteiger partial charge in [-0.05, 0) is 30.0 Å². The first-order valence-electron chi connectivity index (χ1n) is 5.80. The van der Waals surface area contributed by atoms with E-state index < -0.39 is 0 Å². The molecular weight excluding hydrogens is 310 g/mol. The highest BCUT2D eigenvalue weighted by Gasteiger charge is 2.35. The van der Waals surface area contributed by atoms with Crippen LogP contribution in [0.15, 0.2) is 34.7 Å². The fourth-order valence-electron chi connectivity index (χ4n) is 1.78. The maximum Gasteiger partial charge on any atom is 0.273 e. The molecule has 0 atom stereocenters. The number of nitrogens with one attached hydrogen (secondary N) is 1. The van der Waals surface area contributed by atoms with Gasteiger partial charge in [-0.15, -0.1) is 11.3 Å². The Balaban J connectivity index is 1.95. The highest BCUT2D eigenvalue weighted by Crippen LogP contribution is 2.37. The number of amides is 1. The van der Waals surface area contributed by atoms with Crippen LogP contribution in [-0.4, -0.2) is 26.3 Å². The van der Waals surface area contributed by atoms with Crippen molar-refractivity contribution in [3.05, 3.63) is 40.2 Å². The maximum absolute atomic E-state index is 12.3. The third kappa shape index (κ3) is 2.50. The second-order valence-electron chi connectivity index (χ2n) is 4.11. The van der Waals surface area contributed by atoms with Crippen LogP contribution in [-0.2, 0) is 4.79 Å². The number of hydrogen-bond donors (Lipinski definition) is 3. The number of aromatic nitrogens is 1. The fraction of sp³-hybridized carbons (Fsp3) is 0. The highest BCUT2D eigenvalue weighted by atomic mass is 32.2. The summed E-state index contributed by atoms with van der Waals surface area (Å²) in [6.07, 6.45) is 3.06. The van der Waals surface area contributed by atoms with Crippen LogP contribution in [0.3, 0.4) is 0 Å². The molecule has 1 aliphatic rings. The van der Waals surface area contributed by atoms with Gasteiger partial charge in [0, 0.05) is 23.2 Å². The molecule has 1 fully saturated rings. The Labute approximate surface area is 127 Å². The van der Waals surface area contributed by atoms with Gasteiger partial charge in [-0.25, -0.2) is 9.88 Å². The van der Waals surface area contributed by atoms with Crippen LogP contribution in [0.5, 0.6) is 11.5 Å². The molecule has 106 valence electrons. The fourth-order valence-corrected chi connectivity index (χ4v) is 3.32. The number of hydrogen-bond acceptors (Lipinski definition) is 7. The number of rotatable bonds is 2. The molecule has 1 saturated heterocycles. The van der Waals surface area contributed by atoms with Crippen molar-refractivity contribution < 1.29 is 15.0 Å².